The van der Waals surface area contributed by atoms with E-state index in [-0.39, 0.29) is 0 Å². The topological polar surface area (TPSA) is 9.23 Å². The quantitative estimate of drug-likeness (QED) is 0.352. The minimum absolute atomic E-state index is 0.545. The summed E-state index contributed by atoms with van der Waals surface area (Å²) in [6.45, 7) is 20.5. The first-order valence-corrected chi connectivity index (χ1v) is 18.1. The SMILES string of the molecule is CO[C@@H]1C[C@H]2[C@@H]3CC[C@H]([C@H](C)C/C=C(/C(C)C)[Si](C)(C)C)[C@@]3(C)CC[C@@H]2[C@@]2(C)CC[C@@H]3C[C@]312. The standard InChI is InChI=1S/C31H54OSi/c1-20(2)27(33(7,8)9)13-10-21(3)24-11-12-25-23-18-28(32-6)31-19-22(31)14-17-30(31,5)26(23)15-16-29(24,25)4/h13,20-26,28H,10-12,14-19H2,1-9H3/b27-13-/t21-,22-,23+,24-,25+,26+,28-,29-,30-,31+/m1/s1. The lowest BCUT2D eigenvalue weighted by Crippen LogP contribution is -2.57. The van der Waals surface area contributed by atoms with Crippen molar-refractivity contribution in [2.45, 2.75) is 118 Å². The highest BCUT2D eigenvalue weighted by Crippen LogP contribution is 2.82. The van der Waals surface area contributed by atoms with Crippen molar-refractivity contribution >= 4 is 8.07 Å². The largest absolute Gasteiger partial charge is 0.381 e. The molecule has 2 heteroatoms. The molecule has 0 amide bonds. The minimum Gasteiger partial charge on any atom is -0.381 e. The van der Waals surface area contributed by atoms with Gasteiger partial charge in [-0.25, -0.2) is 0 Å². The van der Waals surface area contributed by atoms with Crippen LogP contribution >= 0.6 is 0 Å². The molecule has 33 heavy (non-hydrogen) atoms. The molecule has 5 aliphatic carbocycles. The third-order valence-electron chi connectivity index (χ3n) is 12.8. The van der Waals surface area contributed by atoms with Crippen molar-refractivity contribution < 1.29 is 4.74 Å². The average molecular weight is 471 g/mol. The van der Waals surface area contributed by atoms with Gasteiger partial charge in [0.05, 0.1) is 14.2 Å². The van der Waals surface area contributed by atoms with Crippen LogP contribution in [0.25, 0.3) is 0 Å². The maximum Gasteiger partial charge on any atom is 0.0723 e. The van der Waals surface area contributed by atoms with Gasteiger partial charge in [-0.05, 0) is 110 Å². The molecule has 188 valence electrons. The zero-order valence-electron chi connectivity index (χ0n) is 23.5. The van der Waals surface area contributed by atoms with Gasteiger partial charge in [0.2, 0.25) is 0 Å². The summed E-state index contributed by atoms with van der Waals surface area (Å²) < 4.78 is 6.33. The van der Waals surface area contributed by atoms with Crippen molar-refractivity contribution in [2.24, 2.45) is 57.7 Å². The molecule has 0 heterocycles. The Labute approximate surface area is 206 Å². The number of fused-ring (bicyclic) bond motifs is 4. The van der Waals surface area contributed by atoms with E-state index in [1.807, 2.05) is 7.11 Å². The first-order chi connectivity index (χ1) is 15.4. The predicted octanol–water partition coefficient (Wildman–Crippen LogP) is 8.76. The van der Waals surface area contributed by atoms with E-state index in [1.165, 1.54) is 57.8 Å². The van der Waals surface area contributed by atoms with Crippen LogP contribution in [-0.4, -0.2) is 21.3 Å². The Kier molecular flexibility index (Phi) is 5.93. The Morgan fingerprint density at radius 3 is 2.33 bits per heavy atom. The Balaban J connectivity index is 1.36. The van der Waals surface area contributed by atoms with Crippen LogP contribution in [0, 0.1) is 57.7 Å². The van der Waals surface area contributed by atoms with E-state index in [0.29, 0.717) is 28.3 Å². The van der Waals surface area contributed by atoms with Gasteiger partial charge in [-0.1, -0.05) is 65.5 Å². The Hall–Kier alpha value is -0.0831. The second-order valence-corrected chi connectivity index (χ2v) is 20.3. The molecular formula is C31H54OSi. The van der Waals surface area contributed by atoms with E-state index in [1.54, 1.807) is 5.20 Å². The number of methoxy groups -OCH3 is 1. The molecular weight excluding hydrogens is 416 g/mol. The Morgan fingerprint density at radius 2 is 1.73 bits per heavy atom. The highest BCUT2D eigenvalue weighted by molar-refractivity contribution is 6.83. The van der Waals surface area contributed by atoms with Gasteiger partial charge in [0.15, 0.2) is 0 Å². The summed E-state index contributed by atoms with van der Waals surface area (Å²) in [5.41, 5.74) is 1.70. The summed E-state index contributed by atoms with van der Waals surface area (Å²) in [7, 11) is 0.813. The minimum atomic E-state index is -1.22. The van der Waals surface area contributed by atoms with Gasteiger partial charge >= 0.3 is 0 Å². The van der Waals surface area contributed by atoms with Gasteiger partial charge < -0.3 is 4.74 Å². The summed E-state index contributed by atoms with van der Waals surface area (Å²) >= 11 is 0. The van der Waals surface area contributed by atoms with Crippen molar-refractivity contribution in [3.8, 4) is 0 Å². The predicted molar refractivity (Wildman–Crippen MR) is 144 cm³/mol. The maximum absolute atomic E-state index is 6.33. The summed E-state index contributed by atoms with van der Waals surface area (Å²) in [4.78, 5) is 0. The van der Waals surface area contributed by atoms with E-state index in [0.717, 1.165) is 35.5 Å². The highest BCUT2D eigenvalue weighted by atomic mass is 28.3. The zero-order valence-corrected chi connectivity index (χ0v) is 24.5. The molecule has 0 radical (unpaired) electrons. The number of allylic oxidation sites excluding steroid dienone is 2. The van der Waals surface area contributed by atoms with Gasteiger partial charge in [-0.3, -0.25) is 0 Å². The van der Waals surface area contributed by atoms with Gasteiger partial charge in [0.25, 0.3) is 0 Å². The Bertz CT molecular complexity index is 793. The van der Waals surface area contributed by atoms with Crippen molar-refractivity contribution in [1.82, 2.24) is 0 Å². The van der Waals surface area contributed by atoms with Gasteiger partial charge in [0, 0.05) is 12.5 Å². The molecule has 0 saturated heterocycles. The molecule has 5 rings (SSSR count). The van der Waals surface area contributed by atoms with Gasteiger partial charge in [0.1, 0.15) is 0 Å². The second kappa shape index (κ2) is 7.96. The molecule has 0 unspecified atom stereocenters. The molecule has 0 aromatic carbocycles. The normalized spacial score (nSPS) is 49.9. The number of ether oxygens (including phenoxy) is 1. The van der Waals surface area contributed by atoms with Crippen LogP contribution in [0.4, 0.5) is 0 Å². The van der Waals surface area contributed by atoms with Crippen LogP contribution in [0.15, 0.2) is 11.3 Å². The van der Waals surface area contributed by atoms with Crippen LogP contribution in [-0.2, 0) is 4.74 Å². The lowest BCUT2D eigenvalue weighted by molar-refractivity contribution is -0.161. The summed E-state index contributed by atoms with van der Waals surface area (Å²) in [5.74, 6) is 6.28. The zero-order chi connectivity index (χ0) is 24.0. The third kappa shape index (κ3) is 3.38. The van der Waals surface area contributed by atoms with Gasteiger partial charge in [-0.2, -0.15) is 0 Å². The first-order valence-electron chi connectivity index (χ1n) is 14.6. The van der Waals surface area contributed by atoms with E-state index in [2.05, 4.69) is 60.3 Å². The van der Waals surface area contributed by atoms with Crippen LogP contribution in [0.3, 0.4) is 0 Å². The molecule has 0 bridgehead atoms. The summed E-state index contributed by atoms with van der Waals surface area (Å²) in [6, 6.07) is 0. The fourth-order valence-electron chi connectivity index (χ4n) is 11.4. The van der Waals surface area contributed by atoms with Crippen LogP contribution in [0.5, 0.6) is 0 Å². The highest BCUT2D eigenvalue weighted by Gasteiger charge is 2.77. The molecule has 5 saturated carbocycles. The lowest BCUT2D eigenvalue weighted by Gasteiger charge is -2.61. The monoisotopic (exact) mass is 470 g/mol. The smallest absolute Gasteiger partial charge is 0.0723 e. The summed E-state index contributed by atoms with van der Waals surface area (Å²) in [5, 5.41) is 1.80. The second-order valence-electron chi connectivity index (χ2n) is 15.2. The molecule has 0 aromatic heterocycles. The molecule has 1 spiro atoms. The van der Waals surface area contributed by atoms with E-state index in [9.17, 15) is 0 Å². The van der Waals surface area contributed by atoms with Crippen molar-refractivity contribution in [3.05, 3.63) is 11.3 Å². The van der Waals surface area contributed by atoms with Crippen molar-refractivity contribution in [3.63, 3.8) is 0 Å². The van der Waals surface area contributed by atoms with E-state index < -0.39 is 8.07 Å². The maximum atomic E-state index is 6.33. The Morgan fingerprint density at radius 1 is 1.00 bits per heavy atom. The van der Waals surface area contributed by atoms with Crippen LogP contribution in [0.2, 0.25) is 19.6 Å². The molecule has 10 atom stereocenters. The van der Waals surface area contributed by atoms with E-state index in [4.69, 9.17) is 4.74 Å². The number of hydrogen-bond acceptors (Lipinski definition) is 1. The molecule has 0 aliphatic heterocycles. The number of hydrogen-bond donors (Lipinski definition) is 0. The lowest BCUT2D eigenvalue weighted by atomic mass is 9.45. The molecule has 0 N–H and O–H groups in total. The fourth-order valence-corrected chi connectivity index (χ4v) is 13.9. The van der Waals surface area contributed by atoms with Crippen molar-refractivity contribution in [1.29, 1.82) is 0 Å². The van der Waals surface area contributed by atoms with Crippen molar-refractivity contribution in [2.75, 3.05) is 7.11 Å². The molecule has 0 aromatic rings. The molecule has 5 fully saturated rings. The average Bonchev–Trinajstić information content (AvgIpc) is 3.23. The number of rotatable bonds is 6. The van der Waals surface area contributed by atoms with Gasteiger partial charge in [-0.15, -0.1) is 0 Å². The summed E-state index contributed by atoms with van der Waals surface area (Å²) in [6.07, 6.45) is 16.4. The first kappa shape index (κ1) is 24.6. The molecule has 1 nitrogen and oxygen atoms in total. The van der Waals surface area contributed by atoms with Crippen LogP contribution in [0.1, 0.15) is 92.4 Å². The third-order valence-corrected chi connectivity index (χ3v) is 15.3. The van der Waals surface area contributed by atoms with Crippen LogP contribution < -0.4 is 0 Å². The van der Waals surface area contributed by atoms with E-state index >= 15 is 0 Å². The fraction of sp³-hybridized carbons (Fsp3) is 0.935. The molecule has 5 aliphatic rings.